The smallest absolute Gasteiger partial charge is 0.0404 e. The fraction of sp³-hybridized carbons (Fsp3) is 0.886. The van der Waals surface area contributed by atoms with Crippen molar-refractivity contribution in [3.8, 4) is 0 Å². The molecule has 0 spiro atoms. The summed E-state index contributed by atoms with van der Waals surface area (Å²) < 4.78 is 0. The van der Waals surface area contributed by atoms with Gasteiger partial charge in [0.25, 0.3) is 0 Å². The first-order chi connectivity index (χ1) is 16.5. The summed E-state index contributed by atoms with van der Waals surface area (Å²) in [6.07, 6.45) is 25.0. The molecule has 35 heavy (non-hydrogen) atoms. The van der Waals surface area contributed by atoms with E-state index in [2.05, 4.69) is 68.5 Å². The van der Waals surface area contributed by atoms with Gasteiger partial charge in [-0.05, 0) is 42.4 Å². The zero-order chi connectivity index (χ0) is 27.1. The maximum Gasteiger partial charge on any atom is -0.0404 e. The zero-order valence-electron chi connectivity index (χ0n) is 26.3. The number of allylic oxidation sites excluding steroid dienone is 2. The van der Waals surface area contributed by atoms with Gasteiger partial charge >= 0.3 is 0 Å². The van der Waals surface area contributed by atoms with Crippen molar-refractivity contribution >= 4 is 0 Å². The fourth-order valence-electron chi connectivity index (χ4n) is 4.87. The van der Waals surface area contributed by atoms with Gasteiger partial charge in [0.05, 0.1) is 0 Å². The van der Waals surface area contributed by atoms with Gasteiger partial charge in [0, 0.05) is 0 Å². The minimum Gasteiger partial charge on any atom is -0.0988 e. The van der Waals surface area contributed by atoms with Crippen LogP contribution in [-0.2, 0) is 0 Å². The third-order valence-corrected chi connectivity index (χ3v) is 7.75. The highest BCUT2D eigenvalue weighted by molar-refractivity contribution is 5.05. The average molecular weight is 491 g/mol. The molecule has 1 rings (SSSR count). The summed E-state index contributed by atoms with van der Waals surface area (Å²) in [5, 5.41) is 0. The largest absolute Gasteiger partial charge is 0.0988 e. The molecule has 1 fully saturated rings. The van der Waals surface area contributed by atoms with Gasteiger partial charge in [0.15, 0.2) is 0 Å². The molecule has 0 aromatic heterocycles. The van der Waals surface area contributed by atoms with Gasteiger partial charge in [0.1, 0.15) is 0 Å². The Morgan fingerprint density at radius 2 is 0.971 bits per heavy atom. The predicted molar refractivity (Wildman–Crippen MR) is 165 cm³/mol. The van der Waals surface area contributed by atoms with Crippen molar-refractivity contribution in [3.63, 3.8) is 0 Å². The second kappa shape index (κ2) is 25.1. The predicted octanol–water partition coefficient (Wildman–Crippen LogP) is 12.8. The molecule has 0 amide bonds. The molecule has 0 saturated heterocycles. The lowest BCUT2D eigenvalue weighted by Gasteiger charge is -2.19. The van der Waals surface area contributed by atoms with Crippen molar-refractivity contribution in [3.05, 3.63) is 24.8 Å². The van der Waals surface area contributed by atoms with Crippen LogP contribution in [0.5, 0.6) is 0 Å². The van der Waals surface area contributed by atoms with E-state index < -0.39 is 0 Å². The van der Waals surface area contributed by atoms with Gasteiger partial charge in [-0.25, -0.2) is 0 Å². The molecule has 0 radical (unpaired) electrons. The van der Waals surface area contributed by atoms with Crippen molar-refractivity contribution < 1.29 is 0 Å². The molecule has 1 aliphatic rings. The van der Waals surface area contributed by atoms with E-state index in [1.807, 2.05) is 6.92 Å². The highest BCUT2D eigenvalue weighted by Crippen LogP contribution is 2.25. The topological polar surface area (TPSA) is 0 Å². The summed E-state index contributed by atoms with van der Waals surface area (Å²) in [4.78, 5) is 0. The lowest BCUT2D eigenvalue weighted by atomic mass is 9.87. The van der Waals surface area contributed by atoms with Crippen molar-refractivity contribution in [1.29, 1.82) is 0 Å². The molecule has 4 atom stereocenters. The molecular formula is C35H70. The van der Waals surface area contributed by atoms with Crippen LogP contribution in [0.4, 0.5) is 0 Å². The summed E-state index contributed by atoms with van der Waals surface area (Å²) in [7, 11) is 0. The highest BCUT2D eigenvalue weighted by atomic mass is 14.2. The van der Waals surface area contributed by atoms with E-state index in [-0.39, 0.29) is 0 Å². The molecule has 210 valence electrons. The van der Waals surface area contributed by atoms with Gasteiger partial charge in [-0.15, -0.1) is 0 Å². The molecule has 0 aromatic carbocycles. The first-order valence-electron chi connectivity index (χ1n) is 15.8. The number of hydrogen-bond donors (Lipinski definition) is 0. The Bertz CT molecular complexity index is 455. The lowest BCUT2D eigenvalue weighted by Crippen LogP contribution is -2.04. The number of rotatable bonds is 10. The van der Waals surface area contributed by atoms with Crippen molar-refractivity contribution in [2.24, 2.45) is 35.5 Å². The van der Waals surface area contributed by atoms with Gasteiger partial charge in [0.2, 0.25) is 0 Å². The van der Waals surface area contributed by atoms with E-state index in [1.165, 1.54) is 103 Å². The second-order valence-corrected chi connectivity index (χ2v) is 13.3. The van der Waals surface area contributed by atoms with Crippen LogP contribution in [0.1, 0.15) is 165 Å². The summed E-state index contributed by atoms with van der Waals surface area (Å²) in [5.41, 5.74) is 1.02. The average Bonchev–Trinajstić information content (AvgIpc) is 2.78. The van der Waals surface area contributed by atoms with E-state index in [9.17, 15) is 0 Å². The second-order valence-electron chi connectivity index (χ2n) is 13.3. The van der Waals surface area contributed by atoms with Gasteiger partial charge in [-0.3, -0.25) is 0 Å². The van der Waals surface area contributed by atoms with E-state index in [0.29, 0.717) is 0 Å². The molecule has 0 aromatic rings. The van der Waals surface area contributed by atoms with Crippen LogP contribution >= 0.6 is 0 Å². The van der Waals surface area contributed by atoms with Crippen LogP contribution in [-0.4, -0.2) is 0 Å². The lowest BCUT2D eigenvalue weighted by molar-refractivity contribution is 0.343. The number of unbranched alkanes of at least 4 members (excludes halogenated alkanes) is 1. The Balaban J connectivity index is 0. The van der Waals surface area contributed by atoms with Gasteiger partial charge in [-0.1, -0.05) is 183 Å². The molecule has 0 nitrogen and oxygen atoms in total. The third kappa shape index (κ3) is 31.5. The Hall–Kier alpha value is -0.520. The molecule has 0 N–H and O–H groups in total. The Kier molecular flexibility index (Phi) is 26.3. The van der Waals surface area contributed by atoms with E-state index >= 15 is 0 Å². The molecule has 0 heterocycles. The summed E-state index contributed by atoms with van der Waals surface area (Å²) >= 11 is 0. The number of hydrogen-bond acceptors (Lipinski definition) is 0. The van der Waals surface area contributed by atoms with Crippen LogP contribution in [0.2, 0.25) is 0 Å². The summed E-state index contributed by atoms with van der Waals surface area (Å²) in [6, 6.07) is 0. The Morgan fingerprint density at radius 1 is 0.629 bits per heavy atom. The van der Waals surface area contributed by atoms with Crippen molar-refractivity contribution in [1.82, 2.24) is 0 Å². The van der Waals surface area contributed by atoms with Crippen molar-refractivity contribution in [2.75, 3.05) is 0 Å². The maximum absolute atomic E-state index is 3.56. The standard InChI is InChI=1S/C15H30.C15H32.C5H8/c1-13-7-4-5-8-14(2)11-12-15(3)10-6-9-13;1-13(2)9-6-7-11-15(5)12-8-10-14(3)4;1-4-5(2)3/h13-15H,4-12H2,1-3H3;13-15H,6-12H2,1-5H3;4H,1-2H2,3H3. The minimum absolute atomic E-state index is 0.887. The van der Waals surface area contributed by atoms with E-state index in [1.54, 1.807) is 6.08 Å². The van der Waals surface area contributed by atoms with Crippen LogP contribution in [0.25, 0.3) is 0 Å². The minimum atomic E-state index is 0.887. The normalized spacial score (nSPS) is 22.5. The molecule has 1 saturated carbocycles. The third-order valence-electron chi connectivity index (χ3n) is 7.75. The first kappa shape index (κ1) is 36.6. The molecule has 0 bridgehead atoms. The molecular weight excluding hydrogens is 420 g/mol. The quantitative estimate of drug-likeness (QED) is 0.211. The SMILES string of the molecule is C=CC(=C)C.CC(C)CCCCC(C)CCCC(C)C.CC1CCCCC(C)CCC(C)CCC1. The van der Waals surface area contributed by atoms with E-state index in [4.69, 9.17) is 0 Å². The monoisotopic (exact) mass is 491 g/mol. The molecule has 1 aliphatic carbocycles. The summed E-state index contributed by atoms with van der Waals surface area (Å²) in [6.45, 7) is 28.0. The molecule has 0 heteroatoms. The molecule has 0 aliphatic heterocycles. The van der Waals surface area contributed by atoms with Gasteiger partial charge < -0.3 is 0 Å². The Labute approximate surface area is 225 Å². The van der Waals surface area contributed by atoms with Crippen LogP contribution in [0.15, 0.2) is 24.8 Å². The van der Waals surface area contributed by atoms with E-state index in [0.717, 1.165) is 41.1 Å². The fourth-order valence-corrected chi connectivity index (χ4v) is 4.87. The molecule has 4 unspecified atom stereocenters. The summed E-state index contributed by atoms with van der Waals surface area (Å²) in [5.74, 6) is 5.66. The first-order valence-corrected chi connectivity index (χ1v) is 15.8. The maximum atomic E-state index is 3.56. The highest BCUT2D eigenvalue weighted by Gasteiger charge is 2.10. The Morgan fingerprint density at radius 3 is 1.40 bits per heavy atom. The zero-order valence-corrected chi connectivity index (χ0v) is 26.3. The van der Waals surface area contributed by atoms with Crippen LogP contribution in [0, 0.1) is 35.5 Å². The van der Waals surface area contributed by atoms with Gasteiger partial charge in [-0.2, -0.15) is 0 Å². The van der Waals surface area contributed by atoms with Crippen LogP contribution in [0.3, 0.4) is 0 Å². The van der Waals surface area contributed by atoms with Crippen LogP contribution < -0.4 is 0 Å². The van der Waals surface area contributed by atoms with Crippen molar-refractivity contribution in [2.45, 2.75) is 165 Å².